The van der Waals surface area contributed by atoms with Gasteiger partial charge in [-0.25, -0.2) is 4.98 Å². The number of non-ortho nitro benzene ring substituents is 1. The summed E-state index contributed by atoms with van der Waals surface area (Å²) >= 11 is 1.42. The molecule has 2 aliphatic rings. The Balaban J connectivity index is 1.10. The van der Waals surface area contributed by atoms with Gasteiger partial charge in [-0.2, -0.15) is 4.37 Å². The Hall–Kier alpha value is -3.73. The molecule has 0 bridgehead atoms. The van der Waals surface area contributed by atoms with E-state index < -0.39 is 4.92 Å². The standard InChI is InChI=1S/C26H30N6O4S/c1-36-23-4-2-3-19(17-23)18-24-27-26(37-28-24)31-11-9-20(10-12-31)25(33)30-15-13-29(14-16-30)21-5-7-22(8-6-21)32(34)35/h2-8,17,20H,9-16,18H2,1H3. The number of piperazine rings is 1. The molecule has 0 N–H and O–H groups in total. The predicted octanol–water partition coefficient (Wildman–Crippen LogP) is 3.61. The van der Waals surface area contributed by atoms with E-state index in [1.165, 1.54) is 23.7 Å². The Kier molecular flexibility index (Phi) is 7.50. The summed E-state index contributed by atoms with van der Waals surface area (Å²) in [6.45, 7) is 4.38. The molecule has 0 saturated carbocycles. The molecule has 2 aliphatic heterocycles. The van der Waals surface area contributed by atoms with Crippen molar-refractivity contribution in [2.45, 2.75) is 19.3 Å². The SMILES string of the molecule is COc1cccc(Cc2nsc(N3CCC(C(=O)N4CCN(c5ccc([N+](=O)[O-])cc5)CC4)CC3)n2)c1. The van der Waals surface area contributed by atoms with Crippen LogP contribution in [0.3, 0.4) is 0 Å². The molecule has 3 heterocycles. The van der Waals surface area contributed by atoms with Crippen LogP contribution in [0.4, 0.5) is 16.5 Å². The van der Waals surface area contributed by atoms with Crippen molar-refractivity contribution in [2.24, 2.45) is 5.92 Å². The molecule has 0 unspecified atom stereocenters. The van der Waals surface area contributed by atoms with E-state index in [0.29, 0.717) is 19.5 Å². The van der Waals surface area contributed by atoms with Crippen LogP contribution in [0.15, 0.2) is 48.5 Å². The molecule has 0 radical (unpaired) electrons. The molecule has 37 heavy (non-hydrogen) atoms. The molecule has 1 aromatic heterocycles. The zero-order valence-corrected chi connectivity index (χ0v) is 21.6. The molecular formula is C26H30N6O4S. The van der Waals surface area contributed by atoms with E-state index in [0.717, 1.165) is 67.0 Å². The monoisotopic (exact) mass is 522 g/mol. The Morgan fingerprint density at radius 3 is 2.46 bits per heavy atom. The van der Waals surface area contributed by atoms with Gasteiger partial charge in [0.1, 0.15) is 11.6 Å². The number of carbonyl (C=O) groups excluding carboxylic acids is 1. The lowest BCUT2D eigenvalue weighted by atomic mass is 9.95. The van der Waals surface area contributed by atoms with E-state index in [1.807, 2.05) is 29.2 Å². The molecule has 3 aromatic rings. The summed E-state index contributed by atoms with van der Waals surface area (Å²) in [5.41, 5.74) is 2.15. The number of methoxy groups -OCH3 is 1. The number of carbonyl (C=O) groups is 1. The maximum absolute atomic E-state index is 13.2. The quantitative estimate of drug-likeness (QED) is 0.342. The average molecular weight is 523 g/mol. The predicted molar refractivity (Wildman–Crippen MR) is 143 cm³/mol. The molecule has 5 rings (SSSR count). The van der Waals surface area contributed by atoms with Gasteiger partial charge in [0.15, 0.2) is 0 Å². The topological polar surface area (TPSA) is 105 Å². The fourth-order valence-corrected chi connectivity index (χ4v) is 5.69. The number of piperidine rings is 1. The zero-order valence-electron chi connectivity index (χ0n) is 20.8. The second-order valence-corrected chi connectivity index (χ2v) is 10.1. The van der Waals surface area contributed by atoms with Gasteiger partial charge in [0.25, 0.3) is 5.69 Å². The van der Waals surface area contributed by atoms with Crippen molar-refractivity contribution in [1.82, 2.24) is 14.3 Å². The Morgan fingerprint density at radius 2 is 1.78 bits per heavy atom. The van der Waals surface area contributed by atoms with Crippen molar-refractivity contribution >= 4 is 33.9 Å². The highest BCUT2D eigenvalue weighted by molar-refractivity contribution is 7.09. The smallest absolute Gasteiger partial charge is 0.269 e. The molecule has 2 saturated heterocycles. The lowest BCUT2D eigenvalue weighted by molar-refractivity contribution is -0.384. The first kappa shape index (κ1) is 24.9. The molecule has 10 nitrogen and oxygen atoms in total. The maximum atomic E-state index is 13.2. The minimum Gasteiger partial charge on any atom is -0.497 e. The average Bonchev–Trinajstić information content (AvgIpc) is 3.41. The molecule has 1 amide bonds. The number of benzene rings is 2. The Morgan fingerprint density at radius 1 is 1.05 bits per heavy atom. The van der Waals surface area contributed by atoms with Gasteiger partial charge >= 0.3 is 0 Å². The van der Waals surface area contributed by atoms with Crippen molar-refractivity contribution in [2.75, 3.05) is 56.2 Å². The highest BCUT2D eigenvalue weighted by atomic mass is 32.1. The first-order chi connectivity index (χ1) is 18.0. The summed E-state index contributed by atoms with van der Waals surface area (Å²) in [6.07, 6.45) is 2.28. The first-order valence-electron chi connectivity index (χ1n) is 12.5. The molecule has 11 heteroatoms. The van der Waals surface area contributed by atoms with Crippen LogP contribution in [0.5, 0.6) is 5.75 Å². The van der Waals surface area contributed by atoms with E-state index in [9.17, 15) is 14.9 Å². The number of nitro groups is 1. The van der Waals surface area contributed by atoms with Crippen LogP contribution in [0, 0.1) is 16.0 Å². The molecule has 2 aromatic carbocycles. The van der Waals surface area contributed by atoms with Crippen LogP contribution in [0.1, 0.15) is 24.2 Å². The molecule has 2 fully saturated rings. The van der Waals surface area contributed by atoms with E-state index in [1.54, 1.807) is 19.2 Å². The van der Waals surface area contributed by atoms with Gasteiger partial charge in [0.05, 0.1) is 12.0 Å². The van der Waals surface area contributed by atoms with E-state index >= 15 is 0 Å². The first-order valence-corrected chi connectivity index (χ1v) is 13.3. The van der Waals surface area contributed by atoms with Crippen molar-refractivity contribution in [3.63, 3.8) is 0 Å². The number of nitro benzene ring substituents is 1. The zero-order chi connectivity index (χ0) is 25.8. The summed E-state index contributed by atoms with van der Waals surface area (Å²) < 4.78 is 9.85. The lowest BCUT2D eigenvalue weighted by Gasteiger charge is -2.39. The lowest BCUT2D eigenvalue weighted by Crippen LogP contribution is -2.51. The van der Waals surface area contributed by atoms with Gasteiger partial charge in [0, 0.05) is 81.0 Å². The van der Waals surface area contributed by atoms with E-state index in [-0.39, 0.29) is 17.5 Å². The minimum absolute atomic E-state index is 0.0337. The van der Waals surface area contributed by atoms with Gasteiger partial charge in [0.2, 0.25) is 11.0 Å². The Labute approximate surface area is 219 Å². The summed E-state index contributed by atoms with van der Waals surface area (Å²) in [4.78, 5) is 34.8. The molecule has 0 aliphatic carbocycles. The van der Waals surface area contributed by atoms with Crippen LogP contribution in [0.2, 0.25) is 0 Å². The third-order valence-electron chi connectivity index (χ3n) is 7.09. The number of amides is 1. The van der Waals surface area contributed by atoms with Gasteiger partial charge in [-0.15, -0.1) is 0 Å². The van der Waals surface area contributed by atoms with Crippen molar-refractivity contribution < 1.29 is 14.5 Å². The maximum Gasteiger partial charge on any atom is 0.269 e. The fraction of sp³-hybridized carbons (Fsp3) is 0.423. The van der Waals surface area contributed by atoms with Gasteiger partial charge in [-0.05, 0) is 42.7 Å². The summed E-state index contributed by atoms with van der Waals surface area (Å²) in [7, 11) is 1.66. The van der Waals surface area contributed by atoms with E-state index in [2.05, 4.69) is 14.2 Å². The second kappa shape index (κ2) is 11.1. The van der Waals surface area contributed by atoms with Crippen molar-refractivity contribution in [1.29, 1.82) is 0 Å². The van der Waals surface area contributed by atoms with Crippen molar-refractivity contribution in [3.05, 3.63) is 70.0 Å². The van der Waals surface area contributed by atoms with Crippen LogP contribution in [-0.4, -0.2) is 71.5 Å². The normalized spacial score (nSPS) is 16.6. The third-order valence-corrected chi connectivity index (χ3v) is 7.90. The summed E-state index contributed by atoms with van der Waals surface area (Å²) in [5.74, 6) is 1.90. The number of aromatic nitrogens is 2. The molecule has 0 spiro atoms. The van der Waals surface area contributed by atoms with Crippen LogP contribution in [0.25, 0.3) is 0 Å². The number of nitrogens with zero attached hydrogens (tertiary/aromatic N) is 6. The van der Waals surface area contributed by atoms with Gasteiger partial charge in [-0.3, -0.25) is 14.9 Å². The van der Waals surface area contributed by atoms with Crippen LogP contribution in [-0.2, 0) is 11.2 Å². The van der Waals surface area contributed by atoms with Crippen molar-refractivity contribution in [3.8, 4) is 5.75 Å². The second-order valence-electron chi connectivity index (χ2n) is 9.37. The molecule has 0 atom stereocenters. The summed E-state index contributed by atoms with van der Waals surface area (Å²) in [6, 6.07) is 14.6. The molecule has 194 valence electrons. The number of ether oxygens (including phenoxy) is 1. The third kappa shape index (κ3) is 5.82. The number of rotatable bonds is 7. The Bertz CT molecular complexity index is 1230. The van der Waals surface area contributed by atoms with Gasteiger partial charge < -0.3 is 19.4 Å². The fourth-order valence-electron chi connectivity index (χ4n) is 4.96. The number of hydrogen-bond donors (Lipinski definition) is 0. The van der Waals surface area contributed by atoms with Gasteiger partial charge in [-0.1, -0.05) is 12.1 Å². The van der Waals surface area contributed by atoms with Crippen LogP contribution >= 0.6 is 11.5 Å². The molecular weight excluding hydrogens is 492 g/mol. The summed E-state index contributed by atoms with van der Waals surface area (Å²) in [5, 5.41) is 11.8. The highest BCUT2D eigenvalue weighted by Gasteiger charge is 2.31. The minimum atomic E-state index is -0.391. The van der Waals surface area contributed by atoms with E-state index in [4.69, 9.17) is 9.72 Å². The van der Waals surface area contributed by atoms with Crippen LogP contribution < -0.4 is 14.5 Å². The largest absolute Gasteiger partial charge is 0.497 e. The highest BCUT2D eigenvalue weighted by Crippen LogP contribution is 2.28. The number of hydrogen-bond acceptors (Lipinski definition) is 9. The number of anilines is 2.